The number of nitrogens with one attached hydrogen (secondary N) is 1. The van der Waals surface area contributed by atoms with E-state index >= 15 is 0 Å². The van der Waals surface area contributed by atoms with Crippen molar-refractivity contribution in [2.45, 2.75) is 54.8 Å². The molecule has 2 heterocycles. The van der Waals surface area contributed by atoms with Crippen LogP contribution in [0.2, 0.25) is 0 Å². The van der Waals surface area contributed by atoms with Crippen molar-refractivity contribution in [3.63, 3.8) is 0 Å². The zero-order valence-electron chi connectivity index (χ0n) is 16.2. The summed E-state index contributed by atoms with van der Waals surface area (Å²) in [5.41, 5.74) is 0.255. The molecule has 0 aliphatic heterocycles. The summed E-state index contributed by atoms with van der Waals surface area (Å²) in [6.45, 7) is 1.92. The fourth-order valence-electron chi connectivity index (χ4n) is 3.54. The van der Waals surface area contributed by atoms with Crippen molar-refractivity contribution < 1.29 is 4.92 Å². The molecule has 2 aromatic heterocycles. The zero-order chi connectivity index (χ0) is 21.0. The van der Waals surface area contributed by atoms with Gasteiger partial charge in [-0.3, -0.25) is 24.5 Å². The summed E-state index contributed by atoms with van der Waals surface area (Å²) in [6.07, 6.45) is 3.76. The van der Waals surface area contributed by atoms with E-state index in [1.807, 2.05) is 13.0 Å². The Morgan fingerprint density at radius 3 is 2.67 bits per heavy atom. The van der Waals surface area contributed by atoms with Gasteiger partial charge in [0.05, 0.1) is 4.92 Å². The lowest BCUT2D eigenvalue weighted by molar-refractivity contribution is -0.384. The number of H-pyrrole nitrogens is 1. The van der Waals surface area contributed by atoms with Crippen LogP contribution in [0.25, 0.3) is 11.0 Å². The number of thioether (sulfide) groups is 1. The Morgan fingerprint density at radius 1 is 1.23 bits per heavy atom. The highest BCUT2D eigenvalue weighted by Gasteiger charge is 2.32. The lowest BCUT2D eigenvalue weighted by atomic mass is 10.1. The molecule has 0 saturated heterocycles. The molecule has 0 spiro atoms. The Labute approximate surface area is 174 Å². The summed E-state index contributed by atoms with van der Waals surface area (Å²) in [7, 11) is 0. The Hall–Kier alpha value is -3.01. The lowest BCUT2D eigenvalue weighted by Crippen LogP contribution is -2.31. The molecule has 30 heavy (non-hydrogen) atoms. The first-order valence-corrected chi connectivity index (χ1v) is 10.8. The number of rotatable bonds is 6. The highest BCUT2D eigenvalue weighted by Crippen LogP contribution is 2.43. The molecule has 2 aliphatic rings. The van der Waals surface area contributed by atoms with Crippen molar-refractivity contribution in [1.29, 1.82) is 0 Å². The van der Waals surface area contributed by atoms with Crippen molar-refractivity contribution in [3.8, 4) is 0 Å². The molecule has 9 nitrogen and oxygen atoms in total. The molecule has 1 aromatic carbocycles. The number of nitro groups is 1. The zero-order valence-corrected chi connectivity index (χ0v) is 17.0. The SMILES string of the molecule is CC(Sc1nc(C2CC2)nc2c1c(=O)[nH]c(=O)n2C1CC1)c1cccc([N+](=O)[O-])c1. The van der Waals surface area contributed by atoms with E-state index in [2.05, 4.69) is 15.0 Å². The maximum absolute atomic E-state index is 12.7. The van der Waals surface area contributed by atoms with Gasteiger partial charge in [0.2, 0.25) is 0 Å². The van der Waals surface area contributed by atoms with Crippen LogP contribution in [0.1, 0.15) is 61.2 Å². The van der Waals surface area contributed by atoms with Gasteiger partial charge in [-0.2, -0.15) is 0 Å². The van der Waals surface area contributed by atoms with Crippen LogP contribution in [0.5, 0.6) is 0 Å². The van der Waals surface area contributed by atoms with Gasteiger partial charge in [-0.1, -0.05) is 23.9 Å². The number of nitrogens with zero attached hydrogens (tertiary/aromatic N) is 4. The van der Waals surface area contributed by atoms with Gasteiger partial charge >= 0.3 is 5.69 Å². The van der Waals surface area contributed by atoms with Gasteiger partial charge in [0, 0.05) is 29.3 Å². The van der Waals surface area contributed by atoms with E-state index in [0.29, 0.717) is 21.9 Å². The molecule has 2 aliphatic carbocycles. The highest BCUT2D eigenvalue weighted by molar-refractivity contribution is 7.99. The third kappa shape index (κ3) is 3.41. The normalized spacial score (nSPS) is 17.2. The first-order chi connectivity index (χ1) is 14.4. The van der Waals surface area contributed by atoms with E-state index < -0.39 is 16.2 Å². The number of hydrogen-bond donors (Lipinski definition) is 1. The van der Waals surface area contributed by atoms with Crippen LogP contribution in [0.3, 0.4) is 0 Å². The van der Waals surface area contributed by atoms with Crippen molar-refractivity contribution in [3.05, 3.63) is 66.6 Å². The van der Waals surface area contributed by atoms with Crippen LogP contribution in [0.15, 0.2) is 38.9 Å². The van der Waals surface area contributed by atoms with Crippen LogP contribution in [-0.2, 0) is 0 Å². The van der Waals surface area contributed by atoms with Crippen molar-refractivity contribution in [2.24, 2.45) is 0 Å². The molecule has 1 unspecified atom stereocenters. The van der Waals surface area contributed by atoms with Crippen molar-refractivity contribution in [2.75, 3.05) is 0 Å². The molecular formula is C20H19N5O4S. The fraction of sp³-hybridized carbons (Fsp3) is 0.400. The number of non-ortho nitro benzene ring substituents is 1. The maximum Gasteiger partial charge on any atom is 0.330 e. The predicted molar refractivity (Wildman–Crippen MR) is 112 cm³/mol. The number of fused-ring (bicyclic) bond motifs is 1. The maximum atomic E-state index is 12.7. The topological polar surface area (TPSA) is 124 Å². The Balaban J connectivity index is 1.64. The smallest absolute Gasteiger partial charge is 0.274 e. The quantitative estimate of drug-likeness (QED) is 0.278. The van der Waals surface area contributed by atoms with Crippen molar-refractivity contribution >= 4 is 28.5 Å². The number of benzene rings is 1. The van der Waals surface area contributed by atoms with Crippen LogP contribution in [-0.4, -0.2) is 24.4 Å². The average molecular weight is 425 g/mol. The number of aromatic amines is 1. The molecule has 10 heteroatoms. The van der Waals surface area contributed by atoms with Gasteiger partial charge in [-0.25, -0.2) is 14.8 Å². The molecular weight excluding hydrogens is 406 g/mol. The molecule has 2 fully saturated rings. The van der Waals surface area contributed by atoms with E-state index in [9.17, 15) is 19.7 Å². The Morgan fingerprint density at radius 2 is 2.00 bits per heavy atom. The largest absolute Gasteiger partial charge is 0.330 e. The number of aromatic nitrogens is 4. The average Bonchev–Trinajstić information content (AvgIpc) is 3.61. The van der Waals surface area contributed by atoms with Crippen LogP contribution >= 0.6 is 11.8 Å². The molecule has 0 amide bonds. The molecule has 3 aromatic rings. The van der Waals surface area contributed by atoms with Gasteiger partial charge in [-0.05, 0) is 38.2 Å². The minimum Gasteiger partial charge on any atom is -0.274 e. The van der Waals surface area contributed by atoms with E-state index in [4.69, 9.17) is 0 Å². The van der Waals surface area contributed by atoms with E-state index in [0.717, 1.165) is 31.2 Å². The first kappa shape index (κ1) is 19.0. The molecule has 0 bridgehead atoms. The monoisotopic (exact) mass is 425 g/mol. The Kier molecular flexibility index (Phi) is 4.46. The van der Waals surface area contributed by atoms with Crippen molar-refractivity contribution in [1.82, 2.24) is 19.5 Å². The summed E-state index contributed by atoms with van der Waals surface area (Å²) in [5, 5.41) is 11.8. The van der Waals surface area contributed by atoms with Gasteiger partial charge in [0.25, 0.3) is 11.2 Å². The molecule has 2 saturated carbocycles. The van der Waals surface area contributed by atoms with Gasteiger partial charge < -0.3 is 0 Å². The fourth-order valence-corrected chi connectivity index (χ4v) is 4.61. The molecule has 1 atom stereocenters. The van der Waals surface area contributed by atoms with Gasteiger partial charge in [-0.15, -0.1) is 0 Å². The summed E-state index contributed by atoms with van der Waals surface area (Å²) >= 11 is 1.36. The number of hydrogen-bond acceptors (Lipinski definition) is 7. The first-order valence-electron chi connectivity index (χ1n) is 9.90. The minimum absolute atomic E-state index is 0.0200. The minimum atomic E-state index is -0.497. The standard InChI is InChI=1S/C20H19N5O4S/c1-10(12-3-2-4-14(9-12)25(28)29)30-19-15-17(21-16(22-19)11-5-6-11)24(13-7-8-13)20(27)23-18(15)26/h2-4,9-11,13H,5-8H2,1H3,(H,23,26,27). The van der Waals surface area contributed by atoms with Crippen LogP contribution in [0, 0.1) is 10.1 Å². The second kappa shape index (κ2) is 7.05. The van der Waals surface area contributed by atoms with E-state index in [1.165, 1.54) is 23.9 Å². The lowest BCUT2D eigenvalue weighted by Gasteiger charge is -2.15. The summed E-state index contributed by atoms with van der Waals surface area (Å²) < 4.78 is 1.59. The molecule has 1 N–H and O–H groups in total. The van der Waals surface area contributed by atoms with Crippen LogP contribution < -0.4 is 11.2 Å². The molecule has 5 rings (SSSR count). The molecule has 0 radical (unpaired) electrons. The summed E-state index contributed by atoms with van der Waals surface area (Å²) in [6, 6.07) is 6.51. The Bertz CT molecular complexity index is 1290. The number of nitro benzene ring substituents is 1. The van der Waals surface area contributed by atoms with E-state index in [-0.39, 0.29) is 22.9 Å². The molecule has 154 valence electrons. The highest BCUT2D eigenvalue weighted by atomic mass is 32.2. The third-order valence-corrected chi connectivity index (χ3v) is 6.61. The third-order valence-electron chi connectivity index (χ3n) is 5.46. The summed E-state index contributed by atoms with van der Waals surface area (Å²) in [4.78, 5) is 47.6. The van der Waals surface area contributed by atoms with Gasteiger partial charge in [0.1, 0.15) is 16.2 Å². The van der Waals surface area contributed by atoms with Crippen LogP contribution in [0.4, 0.5) is 5.69 Å². The predicted octanol–water partition coefficient (Wildman–Crippen LogP) is 3.45. The summed E-state index contributed by atoms with van der Waals surface area (Å²) in [5.74, 6) is 0.916. The van der Waals surface area contributed by atoms with Gasteiger partial charge in [0.15, 0.2) is 5.65 Å². The second-order valence-corrected chi connectivity index (χ2v) is 9.16. The van der Waals surface area contributed by atoms with E-state index in [1.54, 1.807) is 10.6 Å². The second-order valence-electron chi connectivity index (χ2n) is 7.83.